The number of aromatic nitrogens is 1. The molecule has 1 saturated heterocycles. The number of hydrogen-bond acceptors (Lipinski definition) is 6. The van der Waals surface area contributed by atoms with Crippen LogP contribution in [0.3, 0.4) is 0 Å². The first-order valence-corrected chi connectivity index (χ1v) is 7.61. The second kappa shape index (κ2) is 4.87. The summed E-state index contributed by atoms with van der Waals surface area (Å²) in [6.45, 7) is 1.41. The molecule has 0 atom stereocenters. The van der Waals surface area contributed by atoms with E-state index in [9.17, 15) is 9.90 Å². The van der Waals surface area contributed by atoms with Crippen LogP contribution >= 0.6 is 0 Å². The van der Waals surface area contributed by atoms with Crippen molar-refractivity contribution in [1.82, 2.24) is 4.98 Å². The van der Waals surface area contributed by atoms with Crippen LogP contribution in [0.25, 0.3) is 0 Å². The van der Waals surface area contributed by atoms with Gasteiger partial charge in [0.25, 0.3) is 0 Å². The average Bonchev–Trinajstić information content (AvgIpc) is 2.82. The summed E-state index contributed by atoms with van der Waals surface area (Å²) >= 11 is 0. The number of carbonyl (C=O) groups excluding carboxylic acids is 1. The van der Waals surface area contributed by atoms with Crippen LogP contribution in [0, 0.1) is 0 Å². The SMILES string of the molecule is Nc1ccnc(N2CCC3(CC2)OC(=O)c2c(O)cccc23)c1. The number of ether oxygens (including phenoxy) is 1. The van der Waals surface area contributed by atoms with Crippen LogP contribution in [0.4, 0.5) is 11.5 Å². The Morgan fingerprint density at radius 3 is 2.78 bits per heavy atom. The number of phenolic OH excluding ortho intramolecular Hbond substituents is 1. The van der Waals surface area contributed by atoms with Crippen molar-refractivity contribution in [2.45, 2.75) is 18.4 Å². The predicted octanol–water partition coefficient (Wildman–Crippen LogP) is 2.04. The number of nitrogens with two attached hydrogens (primary N) is 1. The van der Waals surface area contributed by atoms with Crippen LogP contribution in [0.5, 0.6) is 5.75 Å². The van der Waals surface area contributed by atoms with Gasteiger partial charge in [-0.1, -0.05) is 12.1 Å². The highest BCUT2D eigenvalue weighted by molar-refractivity contribution is 5.97. The first-order chi connectivity index (χ1) is 11.1. The standard InChI is InChI=1S/C17H17N3O3/c18-11-4-7-19-14(10-11)20-8-5-17(6-9-20)12-2-1-3-13(21)15(12)16(22)23-17/h1-4,7,10,21H,5-6,8-9H2,(H2,18,19). The van der Waals surface area contributed by atoms with Gasteiger partial charge in [-0.2, -0.15) is 0 Å². The summed E-state index contributed by atoms with van der Waals surface area (Å²) in [5, 5.41) is 9.94. The fourth-order valence-electron chi connectivity index (χ4n) is 3.49. The maximum Gasteiger partial charge on any atom is 0.343 e. The van der Waals surface area contributed by atoms with E-state index < -0.39 is 11.6 Å². The third kappa shape index (κ3) is 2.10. The van der Waals surface area contributed by atoms with Crippen molar-refractivity contribution in [3.8, 4) is 5.75 Å². The van der Waals surface area contributed by atoms with Crippen molar-refractivity contribution in [2.75, 3.05) is 23.7 Å². The van der Waals surface area contributed by atoms with Gasteiger partial charge in [0.1, 0.15) is 22.7 Å². The molecule has 23 heavy (non-hydrogen) atoms. The van der Waals surface area contributed by atoms with Crippen molar-refractivity contribution >= 4 is 17.5 Å². The lowest BCUT2D eigenvalue weighted by Crippen LogP contribution is -2.43. The molecule has 0 radical (unpaired) electrons. The molecule has 0 unspecified atom stereocenters. The van der Waals surface area contributed by atoms with Crippen LogP contribution in [0.1, 0.15) is 28.8 Å². The average molecular weight is 311 g/mol. The minimum Gasteiger partial charge on any atom is -0.507 e. The smallest absolute Gasteiger partial charge is 0.343 e. The van der Waals surface area contributed by atoms with E-state index in [4.69, 9.17) is 10.5 Å². The minimum absolute atomic E-state index is 0.00990. The van der Waals surface area contributed by atoms with E-state index in [1.165, 1.54) is 6.07 Å². The Hall–Kier alpha value is -2.76. The van der Waals surface area contributed by atoms with E-state index in [-0.39, 0.29) is 5.75 Å². The number of carbonyl (C=O) groups is 1. The molecule has 3 N–H and O–H groups in total. The second-order valence-electron chi connectivity index (χ2n) is 6.02. The molecule has 4 rings (SSSR count). The number of anilines is 2. The Labute approximate surface area is 133 Å². The number of esters is 1. The molecule has 1 fully saturated rings. The first kappa shape index (κ1) is 13.9. The number of phenols is 1. The van der Waals surface area contributed by atoms with Crippen LogP contribution in [0.2, 0.25) is 0 Å². The van der Waals surface area contributed by atoms with Crippen LogP contribution in [-0.2, 0) is 10.3 Å². The van der Waals surface area contributed by atoms with E-state index in [2.05, 4.69) is 9.88 Å². The summed E-state index contributed by atoms with van der Waals surface area (Å²) < 4.78 is 5.68. The summed E-state index contributed by atoms with van der Waals surface area (Å²) in [5.74, 6) is 0.387. The topological polar surface area (TPSA) is 88.7 Å². The number of hydrogen-bond donors (Lipinski definition) is 2. The number of benzene rings is 1. The highest BCUT2D eigenvalue weighted by Crippen LogP contribution is 2.46. The van der Waals surface area contributed by atoms with Crippen molar-refractivity contribution in [3.63, 3.8) is 0 Å². The third-order valence-electron chi connectivity index (χ3n) is 4.69. The Morgan fingerprint density at radius 2 is 2.04 bits per heavy atom. The van der Waals surface area contributed by atoms with E-state index in [1.807, 2.05) is 12.1 Å². The maximum absolute atomic E-state index is 12.1. The number of nitrogens with zero attached hydrogens (tertiary/aromatic N) is 2. The van der Waals surface area contributed by atoms with Crippen molar-refractivity contribution < 1.29 is 14.6 Å². The molecule has 2 aliphatic heterocycles. The monoisotopic (exact) mass is 311 g/mol. The Balaban J connectivity index is 1.61. The maximum atomic E-state index is 12.1. The van der Waals surface area contributed by atoms with Gasteiger partial charge in [-0.15, -0.1) is 0 Å². The lowest BCUT2D eigenvalue weighted by Gasteiger charge is -2.39. The van der Waals surface area contributed by atoms with Crippen LogP contribution < -0.4 is 10.6 Å². The van der Waals surface area contributed by atoms with E-state index in [1.54, 1.807) is 18.3 Å². The summed E-state index contributed by atoms with van der Waals surface area (Å²) in [6.07, 6.45) is 3.01. The van der Waals surface area contributed by atoms with Gasteiger partial charge in [0.2, 0.25) is 0 Å². The molecular formula is C17H17N3O3. The number of pyridine rings is 1. The zero-order valence-electron chi connectivity index (χ0n) is 12.5. The number of rotatable bonds is 1. The van der Waals surface area contributed by atoms with E-state index >= 15 is 0 Å². The van der Waals surface area contributed by atoms with Gasteiger partial charge < -0.3 is 20.5 Å². The number of fused-ring (bicyclic) bond motifs is 2. The Bertz CT molecular complexity index is 782. The highest BCUT2D eigenvalue weighted by atomic mass is 16.6. The Kier molecular flexibility index (Phi) is 2.94. The summed E-state index contributed by atoms with van der Waals surface area (Å²) in [7, 11) is 0. The number of aromatic hydroxyl groups is 1. The van der Waals surface area contributed by atoms with Gasteiger partial charge in [-0.05, 0) is 12.1 Å². The normalized spacial score (nSPS) is 18.8. The Morgan fingerprint density at radius 1 is 1.26 bits per heavy atom. The summed E-state index contributed by atoms with van der Waals surface area (Å²) in [4.78, 5) is 18.6. The molecule has 0 bridgehead atoms. The zero-order valence-corrected chi connectivity index (χ0v) is 12.5. The highest BCUT2D eigenvalue weighted by Gasteiger charge is 2.48. The molecule has 3 heterocycles. The molecule has 0 saturated carbocycles. The van der Waals surface area contributed by atoms with Crippen LogP contribution in [0.15, 0.2) is 36.5 Å². The molecule has 6 heteroatoms. The second-order valence-corrected chi connectivity index (χ2v) is 6.02. The third-order valence-corrected chi connectivity index (χ3v) is 4.69. The van der Waals surface area contributed by atoms with Gasteiger partial charge >= 0.3 is 5.97 Å². The molecule has 0 aliphatic carbocycles. The largest absolute Gasteiger partial charge is 0.507 e. The van der Waals surface area contributed by atoms with E-state index in [0.29, 0.717) is 37.2 Å². The van der Waals surface area contributed by atoms with Crippen molar-refractivity contribution in [2.24, 2.45) is 0 Å². The molecule has 2 aliphatic rings. The summed E-state index contributed by atoms with van der Waals surface area (Å²) in [6, 6.07) is 8.74. The van der Waals surface area contributed by atoms with Gasteiger partial charge in [-0.25, -0.2) is 9.78 Å². The van der Waals surface area contributed by atoms with Gasteiger partial charge in [-0.3, -0.25) is 0 Å². The molecule has 0 amide bonds. The molecule has 2 aromatic rings. The fourth-order valence-corrected chi connectivity index (χ4v) is 3.49. The first-order valence-electron chi connectivity index (χ1n) is 7.61. The minimum atomic E-state index is -0.637. The molecule has 6 nitrogen and oxygen atoms in total. The van der Waals surface area contributed by atoms with Gasteiger partial charge in [0.15, 0.2) is 0 Å². The molecular weight excluding hydrogens is 294 g/mol. The van der Waals surface area contributed by atoms with E-state index in [0.717, 1.165) is 11.4 Å². The molecule has 1 spiro atoms. The van der Waals surface area contributed by atoms with Gasteiger partial charge in [0, 0.05) is 49.4 Å². The van der Waals surface area contributed by atoms with Crippen LogP contribution in [-0.4, -0.2) is 29.1 Å². The lowest BCUT2D eigenvalue weighted by atomic mass is 9.83. The fraction of sp³-hybridized carbons (Fsp3) is 0.294. The predicted molar refractivity (Wildman–Crippen MR) is 85.3 cm³/mol. The zero-order chi connectivity index (χ0) is 16.0. The summed E-state index contributed by atoms with van der Waals surface area (Å²) in [5.41, 5.74) is 6.96. The van der Waals surface area contributed by atoms with Crippen molar-refractivity contribution in [1.29, 1.82) is 0 Å². The quantitative estimate of drug-likeness (QED) is 0.783. The van der Waals surface area contributed by atoms with Crippen molar-refractivity contribution in [3.05, 3.63) is 47.7 Å². The number of piperidine rings is 1. The lowest BCUT2D eigenvalue weighted by molar-refractivity contribution is -0.0211. The number of nitrogen functional groups attached to an aromatic ring is 1. The van der Waals surface area contributed by atoms with Gasteiger partial charge in [0.05, 0.1) is 0 Å². The molecule has 118 valence electrons. The molecule has 1 aromatic carbocycles. The molecule has 1 aromatic heterocycles.